The Bertz CT molecular complexity index is 493. The molecule has 1 heterocycles. The maximum Gasteiger partial charge on any atom is 0.573 e. The van der Waals surface area contributed by atoms with Crippen molar-refractivity contribution in [2.75, 3.05) is 0 Å². The van der Waals surface area contributed by atoms with Gasteiger partial charge in [0.15, 0.2) is 0 Å². The first-order valence-electron chi connectivity index (χ1n) is 4.69. The molecule has 0 bridgehead atoms. The molecule has 1 aromatic rings. The van der Waals surface area contributed by atoms with E-state index in [1.807, 2.05) is 0 Å². The van der Waals surface area contributed by atoms with Gasteiger partial charge in [0.2, 0.25) is 0 Å². The SMILES string of the molecule is FC(F)(F)Oc1ccc([C@H]2C=C(Br)NO2)cc1Cl. The van der Waals surface area contributed by atoms with Crippen LogP contribution in [0.15, 0.2) is 28.9 Å². The van der Waals surface area contributed by atoms with Crippen molar-refractivity contribution in [1.29, 1.82) is 0 Å². The van der Waals surface area contributed by atoms with Crippen LogP contribution in [-0.2, 0) is 4.84 Å². The van der Waals surface area contributed by atoms with Gasteiger partial charge in [-0.2, -0.15) is 0 Å². The molecule has 8 heteroatoms. The zero-order valence-electron chi connectivity index (χ0n) is 8.59. The summed E-state index contributed by atoms with van der Waals surface area (Å²) >= 11 is 8.88. The number of nitrogens with one attached hydrogen (secondary N) is 1. The van der Waals surface area contributed by atoms with Crippen molar-refractivity contribution in [1.82, 2.24) is 5.48 Å². The maximum atomic E-state index is 12.0. The number of ether oxygens (including phenoxy) is 1. The summed E-state index contributed by atoms with van der Waals surface area (Å²) in [5.41, 5.74) is 3.17. The molecule has 2 rings (SSSR count). The van der Waals surface area contributed by atoms with Crippen LogP contribution in [0.5, 0.6) is 5.75 Å². The van der Waals surface area contributed by atoms with Crippen LogP contribution in [0.4, 0.5) is 13.2 Å². The van der Waals surface area contributed by atoms with E-state index in [2.05, 4.69) is 26.1 Å². The first-order valence-corrected chi connectivity index (χ1v) is 5.86. The quantitative estimate of drug-likeness (QED) is 0.821. The molecule has 0 amide bonds. The van der Waals surface area contributed by atoms with Gasteiger partial charge >= 0.3 is 6.36 Å². The van der Waals surface area contributed by atoms with E-state index in [9.17, 15) is 13.2 Å². The molecular weight excluding hydrogens is 338 g/mol. The van der Waals surface area contributed by atoms with Crippen LogP contribution in [0.1, 0.15) is 11.7 Å². The number of hydrogen-bond donors (Lipinski definition) is 1. The Morgan fingerprint density at radius 1 is 1.39 bits per heavy atom. The molecule has 0 fully saturated rings. The van der Waals surface area contributed by atoms with Crippen LogP contribution >= 0.6 is 27.5 Å². The summed E-state index contributed by atoms with van der Waals surface area (Å²) in [5.74, 6) is -0.443. The summed E-state index contributed by atoms with van der Waals surface area (Å²) in [6.07, 6.45) is -3.48. The lowest BCUT2D eigenvalue weighted by atomic mass is 10.1. The van der Waals surface area contributed by atoms with Gasteiger partial charge in [0.25, 0.3) is 0 Å². The standard InChI is InChI=1S/C10H6BrClF3NO2/c11-9-4-8(18-16-9)5-1-2-7(6(12)3-5)17-10(13,14)15/h1-4,8,16H/t8-/m1/s1. The van der Waals surface area contributed by atoms with E-state index in [4.69, 9.17) is 16.4 Å². The van der Waals surface area contributed by atoms with Gasteiger partial charge in [-0.15, -0.1) is 13.2 Å². The Labute approximate surface area is 114 Å². The minimum absolute atomic E-state index is 0.134. The third-order valence-electron chi connectivity index (χ3n) is 2.09. The molecule has 0 aliphatic carbocycles. The van der Waals surface area contributed by atoms with Crippen molar-refractivity contribution in [3.63, 3.8) is 0 Å². The van der Waals surface area contributed by atoms with Gasteiger partial charge in [-0.25, -0.2) is 0 Å². The molecule has 1 aliphatic heterocycles. The van der Waals surface area contributed by atoms with Crippen molar-refractivity contribution in [2.24, 2.45) is 0 Å². The Kier molecular flexibility index (Phi) is 3.74. The molecule has 0 unspecified atom stereocenters. The second-order valence-corrected chi connectivity index (χ2v) is 4.65. The van der Waals surface area contributed by atoms with Crippen LogP contribution in [0.3, 0.4) is 0 Å². The first-order chi connectivity index (χ1) is 8.35. The van der Waals surface area contributed by atoms with E-state index < -0.39 is 18.2 Å². The van der Waals surface area contributed by atoms with Crippen LogP contribution in [0, 0.1) is 0 Å². The first kappa shape index (κ1) is 13.5. The van der Waals surface area contributed by atoms with Crippen LogP contribution in [0.2, 0.25) is 5.02 Å². The Morgan fingerprint density at radius 3 is 2.61 bits per heavy atom. The van der Waals surface area contributed by atoms with Crippen molar-refractivity contribution in [3.8, 4) is 5.75 Å². The van der Waals surface area contributed by atoms with Crippen molar-refractivity contribution >= 4 is 27.5 Å². The topological polar surface area (TPSA) is 30.5 Å². The number of halogens is 5. The predicted octanol–water partition coefficient (Wildman–Crippen LogP) is 4.05. The normalized spacial score (nSPS) is 19.4. The summed E-state index contributed by atoms with van der Waals surface area (Å²) in [5, 5.41) is -0.134. The monoisotopic (exact) mass is 343 g/mol. The number of alkyl halides is 3. The predicted molar refractivity (Wildman–Crippen MR) is 62.1 cm³/mol. The zero-order valence-corrected chi connectivity index (χ0v) is 10.9. The largest absolute Gasteiger partial charge is 0.573 e. The molecule has 0 radical (unpaired) electrons. The highest BCUT2D eigenvalue weighted by atomic mass is 79.9. The van der Waals surface area contributed by atoms with Gasteiger partial charge in [0.1, 0.15) is 16.5 Å². The molecule has 1 aliphatic rings. The number of benzene rings is 1. The Balaban J connectivity index is 2.20. The lowest BCUT2D eigenvalue weighted by molar-refractivity contribution is -0.274. The third kappa shape index (κ3) is 3.30. The molecule has 0 saturated carbocycles. The van der Waals surface area contributed by atoms with E-state index >= 15 is 0 Å². The fourth-order valence-corrected chi connectivity index (χ4v) is 1.95. The Hall–Kier alpha value is -0.920. The highest BCUT2D eigenvalue weighted by Gasteiger charge is 2.32. The maximum absolute atomic E-state index is 12.0. The molecule has 1 atom stereocenters. The van der Waals surface area contributed by atoms with Gasteiger partial charge in [0, 0.05) is 0 Å². The molecule has 1 N–H and O–H groups in total. The minimum atomic E-state index is -4.76. The van der Waals surface area contributed by atoms with Crippen LogP contribution in [-0.4, -0.2) is 6.36 Å². The molecule has 1 aromatic carbocycles. The van der Waals surface area contributed by atoms with Gasteiger partial charge in [-0.1, -0.05) is 17.7 Å². The summed E-state index contributed by atoms with van der Waals surface area (Å²) < 4.78 is 40.5. The second-order valence-electron chi connectivity index (χ2n) is 3.39. The highest BCUT2D eigenvalue weighted by Crippen LogP contribution is 2.34. The summed E-state index contributed by atoms with van der Waals surface area (Å²) in [6, 6.07) is 3.95. The molecule has 0 aromatic heterocycles. The van der Waals surface area contributed by atoms with E-state index in [0.717, 1.165) is 6.07 Å². The number of hydrogen-bond acceptors (Lipinski definition) is 3. The van der Waals surface area contributed by atoms with E-state index in [1.54, 1.807) is 6.08 Å². The summed E-state index contributed by atoms with van der Waals surface area (Å²) in [6.45, 7) is 0. The third-order valence-corrected chi connectivity index (χ3v) is 2.81. The van der Waals surface area contributed by atoms with Crippen LogP contribution in [0.25, 0.3) is 0 Å². The molecule has 0 saturated heterocycles. The fourth-order valence-electron chi connectivity index (χ4n) is 1.39. The number of rotatable bonds is 2. The van der Waals surface area contributed by atoms with Gasteiger partial charge < -0.3 is 4.74 Å². The molecule has 0 spiro atoms. The smallest absolute Gasteiger partial charge is 0.404 e. The molecular formula is C10H6BrClF3NO2. The average molecular weight is 345 g/mol. The zero-order chi connectivity index (χ0) is 13.3. The van der Waals surface area contributed by atoms with Gasteiger partial charge in [-0.3, -0.25) is 10.3 Å². The van der Waals surface area contributed by atoms with Gasteiger partial charge in [0.05, 0.1) is 5.02 Å². The lowest BCUT2D eigenvalue weighted by Crippen LogP contribution is -2.17. The van der Waals surface area contributed by atoms with Crippen molar-refractivity contribution in [3.05, 3.63) is 39.5 Å². The average Bonchev–Trinajstić information content (AvgIpc) is 2.66. The minimum Gasteiger partial charge on any atom is -0.404 e. The molecule has 18 heavy (non-hydrogen) atoms. The molecule has 98 valence electrons. The van der Waals surface area contributed by atoms with Gasteiger partial charge in [-0.05, 0) is 39.7 Å². The fraction of sp³-hybridized carbons (Fsp3) is 0.200. The lowest BCUT2D eigenvalue weighted by Gasteiger charge is -2.13. The second kappa shape index (κ2) is 4.99. The van der Waals surface area contributed by atoms with E-state index in [0.29, 0.717) is 10.2 Å². The highest BCUT2D eigenvalue weighted by molar-refractivity contribution is 9.11. The van der Waals surface area contributed by atoms with Crippen molar-refractivity contribution in [2.45, 2.75) is 12.5 Å². The summed E-state index contributed by atoms with van der Waals surface area (Å²) in [7, 11) is 0. The van der Waals surface area contributed by atoms with Crippen LogP contribution < -0.4 is 10.2 Å². The summed E-state index contributed by atoms with van der Waals surface area (Å²) in [4.78, 5) is 5.14. The molecule has 3 nitrogen and oxygen atoms in total. The van der Waals surface area contributed by atoms with E-state index in [1.165, 1.54) is 12.1 Å². The number of hydroxylamine groups is 1. The van der Waals surface area contributed by atoms with E-state index in [-0.39, 0.29) is 5.02 Å². The van der Waals surface area contributed by atoms with Crippen molar-refractivity contribution < 1.29 is 22.7 Å². The Morgan fingerprint density at radius 2 is 2.11 bits per heavy atom.